The fourth-order valence-corrected chi connectivity index (χ4v) is 4.31. The Morgan fingerprint density at radius 3 is 2.28 bits per heavy atom. The summed E-state index contributed by atoms with van der Waals surface area (Å²) in [6.45, 7) is 17.1. The van der Waals surface area contributed by atoms with Crippen molar-refractivity contribution in [2.45, 2.75) is 80.2 Å². The molecule has 2 heterocycles. The molecular formula is C25H35N5O2. The summed E-state index contributed by atoms with van der Waals surface area (Å²) in [6, 6.07) is 3.98. The molecule has 0 bridgehead atoms. The SMILES string of the molecule is CCOc1nn2c(=N)n(CC(=O)c3cc(C)c(CC)c(C(C)(C)C)c3)nc2c(CC)c1C. The molecule has 0 aliphatic carbocycles. The van der Waals surface area contributed by atoms with E-state index in [0.717, 1.165) is 29.5 Å². The van der Waals surface area contributed by atoms with E-state index in [1.807, 2.05) is 32.9 Å². The molecule has 0 radical (unpaired) electrons. The highest BCUT2D eigenvalue weighted by atomic mass is 16.5. The monoisotopic (exact) mass is 437 g/mol. The summed E-state index contributed by atoms with van der Waals surface area (Å²) in [5, 5.41) is 17.6. The van der Waals surface area contributed by atoms with E-state index in [9.17, 15) is 4.79 Å². The highest BCUT2D eigenvalue weighted by Crippen LogP contribution is 2.30. The topological polar surface area (TPSA) is 85.3 Å². The Labute approximate surface area is 189 Å². The third kappa shape index (κ3) is 4.20. The van der Waals surface area contributed by atoms with Crippen molar-refractivity contribution in [1.29, 1.82) is 5.41 Å². The van der Waals surface area contributed by atoms with Crippen LogP contribution in [0.2, 0.25) is 0 Å². The van der Waals surface area contributed by atoms with Gasteiger partial charge >= 0.3 is 0 Å². The zero-order valence-electron chi connectivity index (χ0n) is 20.6. The summed E-state index contributed by atoms with van der Waals surface area (Å²) >= 11 is 0. The molecule has 2 aromatic heterocycles. The van der Waals surface area contributed by atoms with Crippen molar-refractivity contribution in [2.24, 2.45) is 0 Å². The number of hydrogen-bond donors (Lipinski definition) is 1. The van der Waals surface area contributed by atoms with Gasteiger partial charge in [0.1, 0.15) is 6.54 Å². The van der Waals surface area contributed by atoms with Gasteiger partial charge in [-0.1, -0.05) is 34.6 Å². The Hall–Kier alpha value is -2.96. The van der Waals surface area contributed by atoms with Crippen LogP contribution in [0, 0.1) is 19.3 Å². The van der Waals surface area contributed by atoms with Gasteiger partial charge in [-0.05, 0) is 67.9 Å². The van der Waals surface area contributed by atoms with Crippen LogP contribution in [0.15, 0.2) is 12.1 Å². The van der Waals surface area contributed by atoms with Crippen molar-refractivity contribution in [3.8, 4) is 5.88 Å². The first-order valence-corrected chi connectivity index (χ1v) is 11.4. The first-order valence-electron chi connectivity index (χ1n) is 11.4. The number of carbonyl (C=O) groups is 1. The molecule has 0 atom stereocenters. The minimum Gasteiger partial charge on any atom is -0.477 e. The van der Waals surface area contributed by atoms with E-state index in [4.69, 9.17) is 10.1 Å². The lowest BCUT2D eigenvalue weighted by atomic mass is 9.80. The molecular weight excluding hydrogens is 402 g/mol. The molecule has 172 valence electrons. The zero-order chi connectivity index (χ0) is 23.8. The van der Waals surface area contributed by atoms with Gasteiger partial charge in [-0.2, -0.15) is 4.52 Å². The first-order chi connectivity index (χ1) is 15.0. The molecule has 0 amide bonds. The number of carbonyl (C=O) groups excluding carboxylic acids is 1. The van der Waals surface area contributed by atoms with Gasteiger partial charge in [0.15, 0.2) is 11.4 Å². The van der Waals surface area contributed by atoms with Gasteiger partial charge in [-0.3, -0.25) is 10.2 Å². The molecule has 1 aromatic carbocycles. The van der Waals surface area contributed by atoms with Crippen LogP contribution in [0.3, 0.4) is 0 Å². The molecule has 0 saturated heterocycles. The Morgan fingerprint density at radius 1 is 1.06 bits per heavy atom. The molecule has 0 fully saturated rings. The van der Waals surface area contributed by atoms with E-state index in [0.29, 0.717) is 23.7 Å². The number of rotatable bonds is 7. The van der Waals surface area contributed by atoms with E-state index in [2.05, 4.69) is 44.8 Å². The standard InChI is InChI=1S/C25H35N5O2/c1-9-18-15(4)12-17(13-20(18)25(6,7)8)21(31)14-29-24(26)30-22(27-29)19(10-2)16(5)23(28-30)32-11-3/h12-13,26H,9-11,14H2,1-8H3. The molecule has 32 heavy (non-hydrogen) atoms. The van der Waals surface area contributed by atoms with Crippen LogP contribution in [0.25, 0.3) is 5.65 Å². The normalized spacial score (nSPS) is 11.9. The van der Waals surface area contributed by atoms with Crippen molar-refractivity contribution < 1.29 is 9.53 Å². The highest BCUT2D eigenvalue weighted by molar-refractivity contribution is 5.96. The second-order valence-electron chi connectivity index (χ2n) is 9.26. The van der Waals surface area contributed by atoms with Gasteiger partial charge in [-0.25, -0.2) is 4.68 Å². The number of nitrogens with one attached hydrogen (secondary N) is 1. The summed E-state index contributed by atoms with van der Waals surface area (Å²) < 4.78 is 8.56. The lowest BCUT2D eigenvalue weighted by molar-refractivity contribution is 0.0965. The predicted molar refractivity (Wildman–Crippen MR) is 126 cm³/mol. The second kappa shape index (κ2) is 8.88. The molecule has 3 rings (SSSR count). The van der Waals surface area contributed by atoms with E-state index >= 15 is 0 Å². The largest absolute Gasteiger partial charge is 0.477 e. The number of Topliss-reactive ketones (excluding diaryl/α,β-unsaturated/α-hetero) is 1. The van der Waals surface area contributed by atoms with E-state index < -0.39 is 0 Å². The minimum absolute atomic E-state index is 0.0111. The summed E-state index contributed by atoms with van der Waals surface area (Å²) in [4.78, 5) is 13.3. The Balaban J connectivity index is 2.07. The number of aryl methyl sites for hydroxylation is 2. The van der Waals surface area contributed by atoms with Gasteiger partial charge in [-0.15, -0.1) is 10.2 Å². The number of ether oxygens (including phenoxy) is 1. The summed E-state index contributed by atoms with van der Waals surface area (Å²) in [5.74, 6) is 0.435. The average Bonchev–Trinajstić information content (AvgIpc) is 3.02. The fraction of sp³-hybridized carbons (Fsp3) is 0.520. The van der Waals surface area contributed by atoms with Crippen molar-refractivity contribution >= 4 is 11.4 Å². The van der Waals surface area contributed by atoms with Crippen molar-refractivity contribution in [2.75, 3.05) is 6.61 Å². The molecule has 7 heteroatoms. The number of benzene rings is 1. The third-order valence-electron chi connectivity index (χ3n) is 5.98. The van der Waals surface area contributed by atoms with E-state index in [1.165, 1.54) is 20.3 Å². The predicted octanol–water partition coefficient (Wildman–Crippen LogP) is 4.33. The van der Waals surface area contributed by atoms with E-state index in [1.54, 1.807) is 0 Å². The Morgan fingerprint density at radius 2 is 1.72 bits per heavy atom. The van der Waals surface area contributed by atoms with Crippen LogP contribution >= 0.6 is 0 Å². The quantitative estimate of drug-likeness (QED) is 0.558. The lowest BCUT2D eigenvalue weighted by Crippen LogP contribution is -2.27. The van der Waals surface area contributed by atoms with Crippen LogP contribution in [0.1, 0.15) is 79.7 Å². The van der Waals surface area contributed by atoms with Gasteiger partial charge in [0.25, 0.3) is 0 Å². The highest BCUT2D eigenvalue weighted by Gasteiger charge is 2.22. The van der Waals surface area contributed by atoms with Crippen molar-refractivity contribution in [3.63, 3.8) is 0 Å². The van der Waals surface area contributed by atoms with Gasteiger partial charge in [0.05, 0.1) is 6.61 Å². The van der Waals surface area contributed by atoms with Crippen LogP contribution in [-0.2, 0) is 24.8 Å². The Bertz CT molecular complexity index is 1230. The van der Waals surface area contributed by atoms with Gasteiger partial charge in [0.2, 0.25) is 11.5 Å². The molecule has 0 saturated carbocycles. The molecule has 1 N–H and O–H groups in total. The smallest absolute Gasteiger partial charge is 0.242 e. The lowest BCUT2D eigenvalue weighted by Gasteiger charge is -2.25. The number of hydrogen-bond acceptors (Lipinski definition) is 5. The van der Waals surface area contributed by atoms with Crippen LogP contribution in [0.4, 0.5) is 0 Å². The molecule has 0 aliphatic heterocycles. The maximum atomic E-state index is 13.3. The second-order valence-corrected chi connectivity index (χ2v) is 9.26. The Kier molecular flexibility index (Phi) is 6.58. The summed E-state index contributed by atoms with van der Waals surface area (Å²) in [7, 11) is 0. The number of ketones is 1. The van der Waals surface area contributed by atoms with Crippen LogP contribution in [-0.4, -0.2) is 31.8 Å². The molecule has 3 aromatic rings. The maximum Gasteiger partial charge on any atom is 0.242 e. The summed E-state index contributed by atoms with van der Waals surface area (Å²) in [5.41, 5.74) is 6.77. The zero-order valence-corrected chi connectivity index (χ0v) is 20.6. The summed E-state index contributed by atoms with van der Waals surface area (Å²) in [6.07, 6.45) is 1.66. The van der Waals surface area contributed by atoms with Gasteiger partial charge in [0, 0.05) is 16.7 Å². The average molecular weight is 438 g/mol. The van der Waals surface area contributed by atoms with Crippen LogP contribution < -0.4 is 10.4 Å². The minimum atomic E-state index is -0.0667. The number of fused-ring (bicyclic) bond motifs is 1. The van der Waals surface area contributed by atoms with Gasteiger partial charge < -0.3 is 4.74 Å². The molecule has 0 unspecified atom stereocenters. The molecule has 0 spiro atoms. The fourth-order valence-electron chi connectivity index (χ4n) is 4.31. The van der Waals surface area contributed by atoms with Crippen molar-refractivity contribution in [3.05, 3.63) is 51.1 Å². The van der Waals surface area contributed by atoms with Crippen molar-refractivity contribution in [1.82, 2.24) is 19.4 Å². The van der Waals surface area contributed by atoms with Crippen LogP contribution in [0.5, 0.6) is 5.88 Å². The first kappa shape index (κ1) is 23.7. The molecule has 0 aliphatic rings. The number of nitrogens with zero attached hydrogens (tertiary/aromatic N) is 4. The number of aromatic nitrogens is 4. The molecule has 7 nitrogen and oxygen atoms in total. The third-order valence-corrected chi connectivity index (χ3v) is 5.98. The van der Waals surface area contributed by atoms with E-state index in [-0.39, 0.29) is 23.4 Å². The maximum absolute atomic E-state index is 13.3.